The summed E-state index contributed by atoms with van der Waals surface area (Å²) in [6.45, 7) is 8.74. The molecule has 1 atom stereocenters. The van der Waals surface area contributed by atoms with Crippen LogP contribution in [0.4, 0.5) is 4.39 Å². The second-order valence-electron chi connectivity index (χ2n) is 9.18. The Morgan fingerprint density at radius 2 is 1.93 bits per heavy atom. The molecule has 0 radical (unpaired) electrons. The molecule has 1 aliphatic heterocycles. The quantitative estimate of drug-likeness (QED) is 0.544. The number of hydrogen-bond donors (Lipinski definition) is 0. The van der Waals surface area contributed by atoms with E-state index in [1.807, 2.05) is 29.2 Å². The van der Waals surface area contributed by atoms with E-state index in [0.29, 0.717) is 23.5 Å². The smallest absolute Gasteiger partial charge is 0.223 e. The van der Waals surface area contributed by atoms with Crippen LogP contribution in [0.5, 0.6) is 0 Å². The van der Waals surface area contributed by atoms with Gasteiger partial charge in [-0.3, -0.25) is 4.79 Å². The average molecular weight is 394 g/mol. The molecule has 0 spiro atoms. The van der Waals surface area contributed by atoms with E-state index >= 15 is 0 Å². The lowest BCUT2D eigenvalue weighted by Gasteiger charge is -2.26. The van der Waals surface area contributed by atoms with E-state index in [9.17, 15) is 9.18 Å². The number of benzene rings is 2. The second kappa shape index (κ2) is 7.29. The van der Waals surface area contributed by atoms with Crippen LogP contribution in [-0.2, 0) is 4.79 Å². The Hall–Kier alpha value is -2.69. The zero-order chi connectivity index (χ0) is 20.8. The van der Waals surface area contributed by atoms with E-state index in [-0.39, 0.29) is 23.2 Å². The molecule has 29 heavy (non-hydrogen) atoms. The molecule has 1 fully saturated rings. The number of amides is 1. The van der Waals surface area contributed by atoms with Crippen LogP contribution < -0.4 is 0 Å². The van der Waals surface area contributed by atoms with Gasteiger partial charge in [0.05, 0.1) is 0 Å². The van der Waals surface area contributed by atoms with Gasteiger partial charge in [0.15, 0.2) is 5.58 Å². The third-order valence-corrected chi connectivity index (χ3v) is 5.44. The van der Waals surface area contributed by atoms with Crippen molar-refractivity contribution in [2.75, 3.05) is 6.54 Å². The number of carbonyl (C=O) groups excluding carboxylic acids is 1. The molecule has 4 nitrogen and oxygen atoms in total. The predicted molar refractivity (Wildman–Crippen MR) is 112 cm³/mol. The van der Waals surface area contributed by atoms with Crippen LogP contribution in [0.2, 0.25) is 0 Å². The Morgan fingerprint density at radius 3 is 2.66 bits per heavy atom. The van der Waals surface area contributed by atoms with Crippen LogP contribution in [0, 0.1) is 18.2 Å². The number of aryl methyl sites for hydroxylation is 1. The summed E-state index contributed by atoms with van der Waals surface area (Å²) < 4.78 is 19.6. The number of likely N-dealkylation sites (tertiary alicyclic amines) is 1. The van der Waals surface area contributed by atoms with Gasteiger partial charge in [0.1, 0.15) is 17.4 Å². The largest absolute Gasteiger partial charge is 0.438 e. The molecule has 1 unspecified atom stereocenters. The summed E-state index contributed by atoms with van der Waals surface area (Å²) in [7, 11) is 0. The third kappa shape index (κ3) is 4.04. The van der Waals surface area contributed by atoms with Crippen molar-refractivity contribution in [1.82, 2.24) is 9.88 Å². The molecule has 152 valence electrons. The fourth-order valence-electron chi connectivity index (χ4n) is 3.97. The van der Waals surface area contributed by atoms with Gasteiger partial charge in [0.25, 0.3) is 0 Å². The van der Waals surface area contributed by atoms with E-state index in [2.05, 4.69) is 20.8 Å². The van der Waals surface area contributed by atoms with Crippen LogP contribution >= 0.6 is 0 Å². The average Bonchev–Trinajstić information content (AvgIpc) is 3.28. The number of nitrogens with zero attached hydrogens (tertiary/aromatic N) is 2. The topological polar surface area (TPSA) is 46.3 Å². The maximum atomic E-state index is 13.6. The number of carbonyl (C=O) groups is 1. The Kier molecular flexibility index (Phi) is 4.93. The number of fused-ring (bicyclic) bond motifs is 1. The molecule has 2 heterocycles. The normalized spacial score (nSPS) is 17.3. The summed E-state index contributed by atoms with van der Waals surface area (Å²) in [5.74, 6) is 0.553. The highest BCUT2D eigenvalue weighted by Crippen LogP contribution is 2.36. The summed E-state index contributed by atoms with van der Waals surface area (Å²) in [5, 5.41) is 0. The highest BCUT2D eigenvalue weighted by atomic mass is 19.1. The van der Waals surface area contributed by atoms with Gasteiger partial charge in [0, 0.05) is 13.0 Å². The number of oxazole rings is 1. The van der Waals surface area contributed by atoms with Crippen molar-refractivity contribution in [3.8, 4) is 11.1 Å². The SMILES string of the molecule is Cc1cc(-c2ccc3oc(C4CCCN4C(=O)CC(C)(C)C)nc3c2)ccc1F. The van der Waals surface area contributed by atoms with Crippen LogP contribution in [0.1, 0.15) is 57.5 Å². The molecule has 1 amide bonds. The summed E-state index contributed by atoms with van der Waals surface area (Å²) >= 11 is 0. The molecule has 0 saturated carbocycles. The van der Waals surface area contributed by atoms with Gasteiger partial charge in [0.2, 0.25) is 11.8 Å². The predicted octanol–water partition coefficient (Wildman–Crippen LogP) is 6.04. The van der Waals surface area contributed by atoms with E-state index in [4.69, 9.17) is 9.40 Å². The Morgan fingerprint density at radius 1 is 1.21 bits per heavy atom. The molecule has 0 bridgehead atoms. The van der Waals surface area contributed by atoms with Crippen LogP contribution in [0.3, 0.4) is 0 Å². The molecule has 1 aliphatic rings. The number of rotatable bonds is 3. The van der Waals surface area contributed by atoms with Crippen molar-refractivity contribution >= 4 is 17.0 Å². The first-order chi connectivity index (χ1) is 13.7. The van der Waals surface area contributed by atoms with Crippen LogP contribution in [0.15, 0.2) is 40.8 Å². The van der Waals surface area contributed by atoms with E-state index in [0.717, 1.165) is 36.0 Å². The molecule has 5 heteroatoms. The van der Waals surface area contributed by atoms with Crippen molar-refractivity contribution in [2.45, 2.75) is 53.0 Å². The molecule has 0 aliphatic carbocycles. The molecule has 2 aromatic carbocycles. The number of aromatic nitrogens is 1. The maximum absolute atomic E-state index is 13.6. The second-order valence-corrected chi connectivity index (χ2v) is 9.18. The molecule has 1 saturated heterocycles. The van der Waals surface area contributed by atoms with Crippen molar-refractivity contribution in [3.63, 3.8) is 0 Å². The van der Waals surface area contributed by atoms with E-state index in [1.54, 1.807) is 13.0 Å². The summed E-state index contributed by atoms with van der Waals surface area (Å²) in [4.78, 5) is 19.4. The maximum Gasteiger partial charge on any atom is 0.223 e. The van der Waals surface area contributed by atoms with Gasteiger partial charge < -0.3 is 9.32 Å². The van der Waals surface area contributed by atoms with Crippen molar-refractivity contribution in [1.29, 1.82) is 0 Å². The fourth-order valence-corrected chi connectivity index (χ4v) is 3.97. The zero-order valence-corrected chi connectivity index (χ0v) is 17.5. The Balaban J connectivity index is 1.63. The monoisotopic (exact) mass is 394 g/mol. The summed E-state index contributed by atoms with van der Waals surface area (Å²) in [5.41, 5.74) is 3.94. The first-order valence-electron chi connectivity index (χ1n) is 10.2. The van der Waals surface area contributed by atoms with E-state index in [1.165, 1.54) is 6.07 Å². The van der Waals surface area contributed by atoms with E-state index < -0.39 is 0 Å². The van der Waals surface area contributed by atoms with Gasteiger partial charge in [-0.05, 0) is 66.1 Å². The highest BCUT2D eigenvalue weighted by molar-refractivity contribution is 5.81. The fraction of sp³-hybridized carbons (Fsp3) is 0.417. The molecular weight excluding hydrogens is 367 g/mol. The molecule has 1 aromatic heterocycles. The van der Waals surface area contributed by atoms with Gasteiger partial charge in [-0.2, -0.15) is 0 Å². The van der Waals surface area contributed by atoms with Crippen molar-refractivity contribution < 1.29 is 13.6 Å². The highest BCUT2D eigenvalue weighted by Gasteiger charge is 2.34. The third-order valence-electron chi connectivity index (χ3n) is 5.44. The zero-order valence-electron chi connectivity index (χ0n) is 17.5. The minimum absolute atomic E-state index is 0.0479. The van der Waals surface area contributed by atoms with Gasteiger partial charge >= 0.3 is 0 Å². The minimum atomic E-state index is -0.209. The minimum Gasteiger partial charge on any atom is -0.438 e. The Labute approximate surface area is 170 Å². The van der Waals surface area contributed by atoms with Gasteiger partial charge in [-0.25, -0.2) is 9.37 Å². The van der Waals surface area contributed by atoms with Crippen molar-refractivity contribution in [2.24, 2.45) is 5.41 Å². The lowest BCUT2D eigenvalue weighted by molar-refractivity contribution is -0.134. The van der Waals surface area contributed by atoms with Gasteiger partial charge in [-0.1, -0.05) is 32.9 Å². The molecule has 3 aromatic rings. The van der Waals surface area contributed by atoms with Crippen LogP contribution in [0.25, 0.3) is 22.2 Å². The molecule has 4 rings (SSSR count). The lowest BCUT2D eigenvalue weighted by Crippen LogP contribution is -2.33. The number of hydrogen-bond acceptors (Lipinski definition) is 3. The first-order valence-corrected chi connectivity index (χ1v) is 10.2. The molecular formula is C24H27FN2O2. The molecule has 0 N–H and O–H groups in total. The standard InChI is InChI=1S/C24H27FN2O2/c1-15-12-16(7-9-18(15)25)17-8-10-21-19(13-17)26-23(29-21)20-6-5-11-27(20)22(28)14-24(2,3)4/h7-10,12-13,20H,5-6,11,14H2,1-4H3. The first kappa shape index (κ1) is 19.6. The summed E-state index contributed by atoms with van der Waals surface area (Å²) in [6, 6.07) is 10.8. The van der Waals surface area contributed by atoms with Crippen molar-refractivity contribution in [3.05, 3.63) is 53.7 Å². The number of halogens is 1. The Bertz CT molecular complexity index is 1060. The summed E-state index contributed by atoms with van der Waals surface area (Å²) in [6.07, 6.45) is 2.34. The lowest BCUT2D eigenvalue weighted by atomic mass is 9.91. The van der Waals surface area contributed by atoms with Gasteiger partial charge in [-0.15, -0.1) is 0 Å². The van der Waals surface area contributed by atoms with Crippen LogP contribution in [-0.4, -0.2) is 22.3 Å².